The number of alkyl halides is 3. The molecular weight excluding hydrogens is 361 g/mol. The maximum Gasteiger partial charge on any atom is 0.416 e. The fraction of sp³-hybridized carbons (Fsp3) is 0.263. The maximum absolute atomic E-state index is 12.7. The highest BCUT2D eigenvalue weighted by atomic mass is 19.4. The number of fused-ring (bicyclic) bond motifs is 1. The van der Waals surface area contributed by atoms with Crippen LogP contribution in [-0.2, 0) is 22.2 Å². The van der Waals surface area contributed by atoms with Gasteiger partial charge in [-0.25, -0.2) is 5.48 Å². The van der Waals surface area contributed by atoms with Crippen molar-refractivity contribution in [2.45, 2.75) is 25.6 Å². The lowest BCUT2D eigenvalue weighted by Crippen LogP contribution is -2.41. The molecule has 5 nitrogen and oxygen atoms in total. The number of amides is 2. The van der Waals surface area contributed by atoms with Gasteiger partial charge < -0.3 is 4.90 Å². The van der Waals surface area contributed by atoms with Gasteiger partial charge in [0.25, 0.3) is 11.8 Å². The second kappa shape index (κ2) is 7.40. The van der Waals surface area contributed by atoms with Gasteiger partial charge in [0.05, 0.1) is 5.56 Å². The standard InChI is InChI=1S/C19H17F3N2O3/c1-12(18(26)24-10-9-13-5-2-3-8-16(13)24)27-23-17(25)14-6-4-7-15(11-14)19(20,21)22/h2-8,11-12H,9-10H2,1H3,(H,23,25)/t12-/m1/s1. The third-order valence-electron chi connectivity index (χ3n) is 4.28. The molecule has 0 bridgehead atoms. The lowest BCUT2D eigenvalue weighted by molar-refractivity contribution is -0.137. The minimum atomic E-state index is -4.55. The number of hydrogen-bond donors (Lipinski definition) is 1. The van der Waals surface area contributed by atoms with Crippen molar-refractivity contribution < 1.29 is 27.6 Å². The lowest BCUT2D eigenvalue weighted by atomic mass is 10.1. The number of hydrogen-bond acceptors (Lipinski definition) is 3. The first-order valence-corrected chi connectivity index (χ1v) is 8.30. The molecule has 0 spiro atoms. The molecule has 0 aromatic heterocycles. The number of rotatable bonds is 4. The molecule has 2 aromatic carbocycles. The van der Waals surface area contributed by atoms with Crippen LogP contribution < -0.4 is 10.4 Å². The molecule has 0 saturated heterocycles. The van der Waals surface area contributed by atoms with Crippen LogP contribution in [0, 0.1) is 0 Å². The van der Waals surface area contributed by atoms with E-state index >= 15 is 0 Å². The van der Waals surface area contributed by atoms with E-state index in [1.807, 2.05) is 24.3 Å². The number of anilines is 1. The van der Waals surface area contributed by atoms with Crippen LogP contribution in [0.3, 0.4) is 0 Å². The Morgan fingerprint density at radius 3 is 2.63 bits per heavy atom. The first kappa shape index (κ1) is 18.9. The predicted octanol–water partition coefficient (Wildman–Crippen LogP) is 3.34. The van der Waals surface area contributed by atoms with E-state index in [9.17, 15) is 22.8 Å². The van der Waals surface area contributed by atoms with Gasteiger partial charge in [0.15, 0.2) is 6.10 Å². The Kier molecular flexibility index (Phi) is 5.18. The van der Waals surface area contributed by atoms with Crippen LogP contribution >= 0.6 is 0 Å². The van der Waals surface area contributed by atoms with E-state index in [0.717, 1.165) is 35.9 Å². The summed E-state index contributed by atoms with van der Waals surface area (Å²) in [6, 6.07) is 11.4. The summed E-state index contributed by atoms with van der Waals surface area (Å²) in [5.74, 6) is -1.20. The molecule has 142 valence electrons. The average Bonchev–Trinajstić information content (AvgIpc) is 3.08. The Bertz CT molecular complexity index is 867. The van der Waals surface area contributed by atoms with E-state index in [1.165, 1.54) is 13.0 Å². The largest absolute Gasteiger partial charge is 0.416 e. The molecule has 1 heterocycles. The third-order valence-corrected chi connectivity index (χ3v) is 4.28. The maximum atomic E-state index is 12.7. The van der Waals surface area contributed by atoms with E-state index in [4.69, 9.17) is 4.84 Å². The highest BCUT2D eigenvalue weighted by Crippen LogP contribution is 2.30. The van der Waals surface area contributed by atoms with Crippen LogP contribution in [0.15, 0.2) is 48.5 Å². The zero-order valence-electron chi connectivity index (χ0n) is 14.4. The molecule has 1 N–H and O–H groups in total. The van der Waals surface area contributed by atoms with Crippen molar-refractivity contribution in [1.82, 2.24) is 5.48 Å². The lowest BCUT2D eigenvalue weighted by Gasteiger charge is -2.21. The van der Waals surface area contributed by atoms with Gasteiger partial charge in [0.1, 0.15) is 0 Å². The Balaban J connectivity index is 1.62. The first-order valence-electron chi connectivity index (χ1n) is 8.30. The molecule has 3 rings (SSSR count). The van der Waals surface area contributed by atoms with Crippen molar-refractivity contribution in [3.05, 3.63) is 65.2 Å². The molecule has 0 fully saturated rings. The third kappa shape index (κ3) is 4.11. The van der Waals surface area contributed by atoms with Gasteiger partial charge in [0, 0.05) is 17.8 Å². The topological polar surface area (TPSA) is 58.6 Å². The van der Waals surface area contributed by atoms with Gasteiger partial charge >= 0.3 is 6.18 Å². The number of nitrogens with one attached hydrogen (secondary N) is 1. The zero-order chi connectivity index (χ0) is 19.6. The molecule has 1 aliphatic heterocycles. The molecule has 2 amide bonds. The molecule has 1 atom stereocenters. The molecule has 1 aliphatic rings. The molecule has 8 heteroatoms. The van der Waals surface area contributed by atoms with Crippen molar-refractivity contribution in [1.29, 1.82) is 0 Å². The summed E-state index contributed by atoms with van der Waals surface area (Å²) in [6.45, 7) is 1.98. The van der Waals surface area contributed by atoms with Gasteiger partial charge in [-0.15, -0.1) is 0 Å². The summed E-state index contributed by atoms with van der Waals surface area (Å²) in [4.78, 5) is 31.3. The molecule has 27 heavy (non-hydrogen) atoms. The number of benzene rings is 2. The second-order valence-corrected chi connectivity index (χ2v) is 6.14. The Labute approximate surface area is 153 Å². The summed E-state index contributed by atoms with van der Waals surface area (Å²) in [7, 11) is 0. The van der Waals surface area contributed by atoms with Crippen molar-refractivity contribution in [3.8, 4) is 0 Å². The Morgan fingerprint density at radius 2 is 1.89 bits per heavy atom. The number of carbonyl (C=O) groups excluding carboxylic acids is 2. The number of para-hydroxylation sites is 1. The van der Waals surface area contributed by atoms with Gasteiger partial charge in [-0.1, -0.05) is 24.3 Å². The highest BCUT2D eigenvalue weighted by Gasteiger charge is 2.31. The van der Waals surface area contributed by atoms with E-state index in [0.29, 0.717) is 6.54 Å². The van der Waals surface area contributed by atoms with Crippen molar-refractivity contribution >= 4 is 17.5 Å². The number of halogens is 3. The molecule has 0 radical (unpaired) electrons. The SMILES string of the molecule is C[C@@H](ONC(=O)c1cccc(C(F)(F)F)c1)C(=O)N1CCc2ccccc21. The summed E-state index contributed by atoms with van der Waals surface area (Å²) >= 11 is 0. The van der Waals surface area contributed by atoms with E-state index in [-0.39, 0.29) is 11.5 Å². The van der Waals surface area contributed by atoms with Crippen LogP contribution in [0.1, 0.15) is 28.4 Å². The summed E-state index contributed by atoms with van der Waals surface area (Å²) in [5, 5.41) is 0. The molecule has 0 aliphatic carbocycles. The van der Waals surface area contributed by atoms with Gasteiger partial charge in [-0.3, -0.25) is 14.4 Å². The molecule has 0 saturated carbocycles. The Morgan fingerprint density at radius 1 is 1.15 bits per heavy atom. The van der Waals surface area contributed by atoms with E-state index in [2.05, 4.69) is 5.48 Å². The first-order chi connectivity index (χ1) is 12.8. The summed E-state index contributed by atoms with van der Waals surface area (Å²) in [6.07, 6.45) is -4.82. The van der Waals surface area contributed by atoms with Crippen LogP contribution in [-0.4, -0.2) is 24.5 Å². The molecule has 0 unspecified atom stereocenters. The number of nitrogens with zero attached hydrogens (tertiary/aromatic N) is 1. The van der Waals surface area contributed by atoms with Gasteiger partial charge in [0.2, 0.25) is 0 Å². The normalized spacial score (nSPS) is 14.6. The fourth-order valence-corrected chi connectivity index (χ4v) is 2.87. The van der Waals surface area contributed by atoms with Crippen LogP contribution in [0.25, 0.3) is 0 Å². The number of hydroxylamine groups is 1. The number of carbonyl (C=O) groups is 2. The van der Waals surface area contributed by atoms with Crippen LogP contribution in [0.2, 0.25) is 0 Å². The van der Waals surface area contributed by atoms with Crippen molar-refractivity contribution in [3.63, 3.8) is 0 Å². The molecule has 2 aromatic rings. The highest BCUT2D eigenvalue weighted by molar-refractivity contribution is 5.98. The fourth-order valence-electron chi connectivity index (χ4n) is 2.87. The van der Waals surface area contributed by atoms with Crippen LogP contribution in [0.5, 0.6) is 0 Å². The zero-order valence-corrected chi connectivity index (χ0v) is 14.4. The quantitative estimate of drug-likeness (QED) is 0.831. The average molecular weight is 378 g/mol. The van der Waals surface area contributed by atoms with Crippen molar-refractivity contribution in [2.24, 2.45) is 0 Å². The van der Waals surface area contributed by atoms with Gasteiger partial charge in [-0.2, -0.15) is 13.2 Å². The second-order valence-electron chi connectivity index (χ2n) is 6.14. The Hall–Kier alpha value is -2.87. The minimum absolute atomic E-state index is 0.212. The van der Waals surface area contributed by atoms with Gasteiger partial charge in [-0.05, 0) is 43.2 Å². The predicted molar refractivity (Wildman–Crippen MR) is 92.0 cm³/mol. The smallest absolute Gasteiger partial charge is 0.309 e. The van der Waals surface area contributed by atoms with E-state index < -0.39 is 23.8 Å². The van der Waals surface area contributed by atoms with E-state index in [1.54, 1.807) is 4.90 Å². The summed E-state index contributed by atoms with van der Waals surface area (Å²) < 4.78 is 38.2. The molecular formula is C19H17F3N2O3. The van der Waals surface area contributed by atoms with Crippen molar-refractivity contribution in [2.75, 3.05) is 11.4 Å². The monoisotopic (exact) mass is 378 g/mol. The van der Waals surface area contributed by atoms with Crippen LogP contribution in [0.4, 0.5) is 18.9 Å². The minimum Gasteiger partial charge on any atom is -0.309 e. The summed E-state index contributed by atoms with van der Waals surface area (Å²) in [5.41, 5.74) is 2.74.